The fourth-order valence-corrected chi connectivity index (χ4v) is 2.59. The van der Waals surface area contributed by atoms with Gasteiger partial charge in [-0.3, -0.25) is 14.4 Å². The van der Waals surface area contributed by atoms with Crippen LogP contribution in [0.4, 0.5) is 5.69 Å². The van der Waals surface area contributed by atoms with Crippen molar-refractivity contribution in [2.24, 2.45) is 0 Å². The second kappa shape index (κ2) is 7.23. The third kappa shape index (κ3) is 3.80. The maximum absolute atomic E-state index is 12.6. The van der Waals surface area contributed by atoms with Crippen molar-refractivity contribution in [3.63, 3.8) is 0 Å². The van der Waals surface area contributed by atoms with E-state index in [9.17, 15) is 14.4 Å². The van der Waals surface area contributed by atoms with Crippen LogP contribution in [0.5, 0.6) is 0 Å². The number of aromatic nitrogens is 2. The molecular weight excluding hydrogens is 330 g/mol. The molecule has 0 spiro atoms. The highest BCUT2D eigenvalue weighted by atomic mass is 16.2. The van der Waals surface area contributed by atoms with E-state index in [1.165, 1.54) is 22.9 Å². The lowest BCUT2D eigenvalue weighted by molar-refractivity contribution is 0.102. The van der Waals surface area contributed by atoms with Crippen molar-refractivity contribution >= 4 is 11.6 Å². The minimum atomic E-state index is -0.614. The first-order valence-corrected chi connectivity index (χ1v) is 8.20. The third-order valence-electron chi connectivity index (χ3n) is 4.04. The van der Waals surface area contributed by atoms with Gasteiger partial charge in [0, 0.05) is 24.2 Å². The average molecular weight is 349 g/mol. The number of rotatable bonds is 4. The number of carbonyl (C=O) groups is 1. The summed E-state index contributed by atoms with van der Waals surface area (Å²) in [5, 5.41) is 2.53. The van der Waals surface area contributed by atoms with Crippen LogP contribution in [0.25, 0.3) is 0 Å². The standard InChI is InChI=1S/C20H19N3O3/c1-13-5-7-15(8-6-13)12-23-9-3-4-17(20(23)26)22-19(25)16-11-21-14(2)10-18(16)24/h3-11H,12H2,1-2H3,(H,21,24)(H,22,25). The number of carbonyl (C=O) groups excluding carboxylic acids is 1. The summed E-state index contributed by atoms with van der Waals surface area (Å²) in [4.78, 5) is 39.7. The molecule has 2 N–H and O–H groups in total. The van der Waals surface area contributed by atoms with E-state index in [2.05, 4.69) is 10.3 Å². The van der Waals surface area contributed by atoms with Gasteiger partial charge in [0.25, 0.3) is 11.5 Å². The minimum absolute atomic E-state index is 0.0380. The molecule has 2 heterocycles. The number of aromatic amines is 1. The minimum Gasteiger partial charge on any atom is -0.364 e. The largest absolute Gasteiger partial charge is 0.364 e. The molecule has 0 aliphatic heterocycles. The molecule has 6 heteroatoms. The summed E-state index contributed by atoms with van der Waals surface area (Å²) in [6.45, 7) is 4.12. The Labute approximate surface area is 150 Å². The third-order valence-corrected chi connectivity index (χ3v) is 4.04. The van der Waals surface area contributed by atoms with Crippen LogP contribution in [0, 0.1) is 13.8 Å². The molecule has 0 radical (unpaired) electrons. The zero-order valence-corrected chi connectivity index (χ0v) is 14.6. The smallest absolute Gasteiger partial charge is 0.274 e. The van der Waals surface area contributed by atoms with E-state index in [1.807, 2.05) is 31.2 Å². The second-order valence-corrected chi connectivity index (χ2v) is 6.19. The summed E-state index contributed by atoms with van der Waals surface area (Å²) in [5.41, 5.74) is 2.15. The fraction of sp³-hybridized carbons (Fsp3) is 0.150. The van der Waals surface area contributed by atoms with Crippen LogP contribution in [-0.2, 0) is 6.54 Å². The van der Waals surface area contributed by atoms with E-state index < -0.39 is 11.3 Å². The van der Waals surface area contributed by atoms with Crippen molar-refractivity contribution in [1.82, 2.24) is 9.55 Å². The van der Waals surface area contributed by atoms with Gasteiger partial charge in [-0.05, 0) is 31.5 Å². The van der Waals surface area contributed by atoms with Gasteiger partial charge in [-0.2, -0.15) is 0 Å². The zero-order chi connectivity index (χ0) is 18.7. The van der Waals surface area contributed by atoms with E-state index in [4.69, 9.17) is 0 Å². The average Bonchev–Trinajstić information content (AvgIpc) is 2.60. The van der Waals surface area contributed by atoms with E-state index in [0.29, 0.717) is 12.2 Å². The molecule has 0 saturated carbocycles. The molecule has 0 aliphatic rings. The Hall–Kier alpha value is -3.41. The maximum Gasteiger partial charge on any atom is 0.274 e. The van der Waals surface area contributed by atoms with Crippen molar-refractivity contribution in [2.45, 2.75) is 20.4 Å². The summed E-state index contributed by atoms with van der Waals surface area (Å²) in [5.74, 6) is -0.614. The number of nitrogens with one attached hydrogen (secondary N) is 2. The van der Waals surface area contributed by atoms with Gasteiger partial charge in [0.15, 0.2) is 5.43 Å². The van der Waals surface area contributed by atoms with Gasteiger partial charge >= 0.3 is 0 Å². The predicted molar refractivity (Wildman–Crippen MR) is 101 cm³/mol. The lowest BCUT2D eigenvalue weighted by Gasteiger charge is -2.09. The Kier molecular flexibility index (Phi) is 4.84. The summed E-state index contributed by atoms with van der Waals surface area (Å²) >= 11 is 0. The molecule has 0 aliphatic carbocycles. The summed E-state index contributed by atoms with van der Waals surface area (Å²) in [6, 6.07) is 12.4. The highest BCUT2D eigenvalue weighted by molar-refractivity contribution is 6.03. The van der Waals surface area contributed by atoms with E-state index in [1.54, 1.807) is 19.2 Å². The molecule has 0 atom stereocenters. The lowest BCUT2D eigenvalue weighted by atomic mass is 10.1. The van der Waals surface area contributed by atoms with Gasteiger partial charge in [-0.25, -0.2) is 0 Å². The molecule has 0 bridgehead atoms. The van der Waals surface area contributed by atoms with Crippen LogP contribution in [-0.4, -0.2) is 15.5 Å². The monoisotopic (exact) mass is 349 g/mol. The molecule has 6 nitrogen and oxygen atoms in total. The number of amides is 1. The number of hydrogen-bond donors (Lipinski definition) is 2. The molecule has 0 unspecified atom stereocenters. The SMILES string of the molecule is Cc1ccc(Cn2cccc(NC(=O)c3c[nH]c(C)cc3=O)c2=O)cc1. The molecule has 2 aromatic heterocycles. The van der Waals surface area contributed by atoms with Crippen molar-refractivity contribution in [3.05, 3.63) is 97.8 Å². The summed E-state index contributed by atoms with van der Waals surface area (Å²) in [6.07, 6.45) is 3.01. The second-order valence-electron chi connectivity index (χ2n) is 6.19. The first-order valence-electron chi connectivity index (χ1n) is 8.20. The predicted octanol–water partition coefficient (Wildman–Crippen LogP) is 2.45. The van der Waals surface area contributed by atoms with Crippen LogP contribution in [0.1, 0.15) is 27.2 Å². The molecular formula is C20H19N3O3. The van der Waals surface area contributed by atoms with Crippen LogP contribution < -0.4 is 16.3 Å². The van der Waals surface area contributed by atoms with Crippen LogP contribution in [0.2, 0.25) is 0 Å². The highest BCUT2D eigenvalue weighted by Crippen LogP contribution is 2.07. The molecule has 1 amide bonds. The molecule has 26 heavy (non-hydrogen) atoms. The van der Waals surface area contributed by atoms with E-state index in [-0.39, 0.29) is 16.8 Å². The van der Waals surface area contributed by atoms with Crippen molar-refractivity contribution in [3.8, 4) is 0 Å². The first-order chi connectivity index (χ1) is 12.4. The molecule has 0 saturated heterocycles. The first kappa shape index (κ1) is 17.4. The Balaban J connectivity index is 1.85. The van der Waals surface area contributed by atoms with E-state index >= 15 is 0 Å². The molecule has 3 aromatic rings. The number of nitrogens with zero attached hydrogens (tertiary/aromatic N) is 1. The van der Waals surface area contributed by atoms with Gasteiger partial charge in [0.1, 0.15) is 11.3 Å². The number of benzene rings is 1. The van der Waals surface area contributed by atoms with E-state index in [0.717, 1.165) is 11.1 Å². The quantitative estimate of drug-likeness (QED) is 0.759. The van der Waals surface area contributed by atoms with Crippen molar-refractivity contribution in [2.75, 3.05) is 5.32 Å². The highest BCUT2D eigenvalue weighted by Gasteiger charge is 2.13. The Morgan fingerprint density at radius 3 is 2.54 bits per heavy atom. The van der Waals surface area contributed by atoms with Crippen LogP contribution in [0.3, 0.4) is 0 Å². The van der Waals surface area contributed by atoms with Crippen molar-refractivity contribution < 1.29 is 4.79 Å². The Morgan fingerprint density at radius 1 is 1.12 bits per heavy atom. The van der Waals surface area contributed by atoms with Gasteiger partial charge in [0.2, 0.25) is 0 Å². The van der Waals surface area contributed by atoms with Gasteiger partial charge in [0.05, 0.1) is 6.54 Å². The summed E-state index contributed by atoms with van der Waals surface area (Å²) < 4.78 is 1.51. The normalized spacial score (nSPS) is 10.5. The van der Waals surface area contributed by atoms with Gasteiger partial charge in [-0.15, -0.1) is 0 Å². The molecule has 3 rings (SSSR count). The van der Waals surface area contributed by atoms with Crippen LogP contribution in [0.15, 0.2) is 64.4 Å². The lowest BCUT2D eigenvalue weighted by Crippen LogP contribution is -2.28. The topological polar surface area (TPSA) is 84.0 Å². The molecule has 132 valence electrons. The number of pyridine rings is 2. The molecule has 0 fully saturated rings. The summed E-state index contributed by atoms with van der Waals surface area (Å²) in [7, 11) is 0. The van der Waals surface area contributed by atoms with Gasteiger partial charge in [-0.1, -0.05) is 29.8 Å². The van der Waals surface area contributed by atoms with Gasteiger partial charge < -0.3 is 14.9 Å². The maximum atomic E-state index is 12.6. The number of anilines is 1. The Bertz CT molecular complexity index is 1060. The number of hydrogen-bond acceptors (Lipinski definition) is 3. The fourth-order valence-electron chi connectivity index (χ4n) is 2.59. The zero-order valence-electron chi connectivity index (χ0n) is 14.6. The number of H-pyrrole nitrogens is 1. The Morgan fingerprint density at radius 2 is 1.85 bits per heavy atom. The van der Waals surface area contributed by atoms with Crippen LogP contribution >= 0.6 is 0 Å². The molecule has 1 aromatic carbocycles. The van der Waals surface area contributed by atoms with Crippen molar-refractivity contribution in [1.29, 1.82) is 0 Å². The number of aryl methyl sites for hydroxylation is 2.